The molecule has 0 saturated heterocycles. The van der Waals surface area contributed by atoms with Gasteiger partial charge in [-0.15, -0.1) is 0 Å². The van der Waals surface area contributed by atoms with E-state index in [1.807, 2.05) is 66.7 Å². The van der Waals surface area contributed by atoms with Gasteiger partial charge in [-0.2, -0.15) is 5.10 Å². The van der Waals surface area contributed by atoms with Crippen LogP contribution in [0, 0.1) is 0 Å². The van der Waals surface area contributed by atoms with Crippen LogP contribution in [0.15, 0.2) is 65.8 Å². The fourth-order valence-electron chi connectivity index (χ4n) is 2.22. The lowest BCUT2D eigenvalue weighted by molar-refractivity contribution is -0.143. The number of esters is 1. The number of rotatable bonds is 4. The van der Waals surface area contributed by atoms with Crippen LogP contribution in [-0.2, 0) is 16.1 Å². The summed E-state index contributed by atoms with van der Waals surface area (Å²) in [6, 6.07) is 17.4. The second-order valence-corrected chi connectivity index (χ2v) is 4.89. The van der Waals surface area contributed by atoms with Gasteiger partial charge < -0.3 is 4.74 Å². The molecule has 0 unspecified atom stereocenters. The minimum Gasteiger partial charge on any atom is -0.459 e. The van der Waals surface area contributed by atoms with Crippen molar-refractivity contribution in [2.24, 2.45) is 5.10 Å². The van der Waals surface area contributed by atoms with Crippen LogP contribution in [-0.4, -0.2) is 18.7 Å². The average Bonchev–Trinajstić information content (AvgIpc) is 2.77. The second kappa shape index (κ2) is 6.72. The highest BCUT2D eigenvalue weighted by atomic mass is 16.5. The molecule has 2 aromatic carbocycles. The Hall–Kier alpha value is -2.88. The number of anilines is 1. The maximum atomic E-state index is 12.0. The van der Waals surface area contributed by atoms with Crippen molar-refractivity contribution in [3.05, 3.63) is 71.8 Å². The molecule has 22 heavy (non-hydrogen) atoms. The van der Waals surface area contributed by atoms with Crippen LogP contribution in [0.25, 0.3) is 6.08 Å². The van der Waals surface area contributed by atoms with Gasteiger partial charge in [0.15, 0.2) is 0 Å². The zero-order valence-corrected chi connectivity index (χ0v) is 12.1. The second-order valence-electron chi connectivity index (χ2n) is 4.89. The molecule has 0 N–H and O–H groups in total. The summed E-state index contributed by atoms with van der Waals surface area (Å²) < 4.78 is 5.31. The minimum absolute atomic E-state index is 0.0853. The van der Waals surface area contributed by atoms with Crippen LogP contribution in [0.2, 0.25) is 0 Å². The van der Waals surface area contributed by atoms with E-state index < -0.39 is 0 Å². The van der Waals surface area contributed by atoms with Gasteiger partial charge in [0.1, 0.15) is 13.2 Å². The molecule has 0 aromatic heterocycles. The maximum absolute atomic E-state index is 12.0. The quantitative estimate of drug-likeness (QED) is 0.812. The minimum atomic E-state index is -0.308. The molecule has 0 saturated carbocycles. The summed E-state index contributed by atoms with van der Waals surface area (Å²) in [6.07, 6.45) is 5.49. The fraction of sp³-hybridized carbons (Fsp3) is 0.111. The number of ether oxygens (including phenoxy) is 1. The predicted molar refractivity (Wildman–Crippen MR) is 87.6 cm³/mol. The summed E-state index contributed by atoms with van der Waals surface area (Å²) in [6.45, 7) is 0.360. The molecule has 0 atom stereocenters. The van der Waals surface area contributed by atoms with Crippen molar-refractivity contribution in [2.75, 3.05) is 11.6 Å². The van der Waals surface area contributed by atoms with Crippen molar-refractivity contribution < 1.29 is 9.53 Å². The molecule has 0 bridgehead atoms. The molecule has 4 nitrogen and oxygen atoms in total. The molecule has 1 aliphatic rings. The number of fused-ring (bicyclic) bond motifs is 1. The van der Waals surface area contributed by atoms with E-state index in [1.165, 1.54) is 0 Å². The number of para-hydroxylation sites is 1. The monoisotopic (exact) mass is 292 g/mol. The first kappa shape index (κ1) is 14.1. The van der Waals surface area contributed by atoms with Crippen LogP contribution < -0.4 is 5.01 Å². The number of carbonyl (C=O) groups excluding carboxylic acids is 1. The Morgan fingerprint density at radius 1 is 1.05 bits per heavy atom. The van der Waals surface area contributed by atoms with E-state index in [-0.39, 0.29) is 19.1 Å². The van der Waals surface area contributed by atoms with Crippen LogP contribution in [0.5, 0.6) is 0 Å². The summed E-state index contributed by atoms with van der Waals surface area (Å²) in [4.78, 5) is 12.0. The molecular formula is C18H16N2O2. The topological polar surface area (TPSA) is 41.9 Å². The van der Waals surface area contributed by atoms with Crippen LogP contribution in [0.4, 0.5) is 5.69 Å². The molecule has 1 heterocycles. The van der Waals surface area contributed by atoms with Gasteiger partial charge in [-0.25, -0.2) is 0 Å². The molecule has 0 fully saturated rings. The Morgan fingerprint density at radius 2 is 1.82 bits per heavy atom. The van der Waals surface area contributed by atoms with Gasteiger partial charge in [0, 0.05) is 6.21 Å². The normalized spacial score (nSPS) is 12.6. The number of hydrazone groups is 1. The Kier molecular flexibility index (Phi) is 4.30. The van der Waals surface area contributed by atoms with Gasteiger partial charge >= 0.3 is 5.97 Å². The summed E-state index contributed by atoms with van der Waals surface area (Å²) in [5.74, 6) is -0.308. The summed E-state index contributed by atoms with van der Waals surface area (Å²) in [7, 11) is 0. The van der Waals surface area contributed by atoms with E-state index in [0.29, 0.717) is 0 Å². The standard InChI is InChI=1S/C18H16N2O2/c21-18(22-14-15-7-2-1-3-8-15)13-20-17-11-5-4-9-16(17)10-6-12-19-20/h1-12H,13-14H2. The molecule has 0 amide bonds. The summed E-state index contributed by atoms with van der Waals surface area (Å²) in [5, 5.41) is 5.94. The molecular weight excluding hydrogens is 276 g/mol. The van der Waals surface area contributed by atoms with Crippen molar-refractivity contribution in [1.82, 2.24) is 0 Å². The van der Waals surface area contributed by atoms with Crippen molar-refractivity contribution in [2.45, 2.75) is 6.61 Å². The van der Waals surface area contributed by atoms with Gasteiger partial charge in [0.25, 0.3) is 0 Å². The molecule has 1 aliphatic heterocycles. The van der Waals surface area contributed by atoms with Gasteiger partial charge in [-0.3, -0.25) is 9.80 Å². The highest BCUT2D eigenvalue weighted by Gasteiger charge is 2.15. The van der Waals surface area contributed by atoms with E-state index in [1.54, 1.807) is 11.2 Å². The summed E-state index contributed by atoms with van der Waals surface area (Å²) in [5.41, 5.74) is 2.89. The Morgan fingerprint density at radius 3 is 2.68 bits per heavy atom. The van der Waals surface area contributed by atoms with Crippen molar-refractivity contribution in [1.29, 1.82) is 0 Å². The Balaban J connectivity index is 1.64. The number of benzene rings is 2. The summed E-state index contributed by atoms with van der Waals surface area (Å²) >= 11 is 0. The molecule has 4 heteroatoms. The third-order valence-electron chi connectivity index (χ3n) is 3.30. The number of carbonyl (C=O) groups is 1. The van der Waals surface area contributed by atoms with E-state index in [0.717, 1.165) is 16.8 Å². The third-order valence-corrected chi connectivity index (χ3v) is 3.30. The molecule has 3 rings (SSSR count). The van der Waals surface area contributed by atoms with Gasteiger partial charge in [0.2, 0.25) is 0 Å². The van der Waals surface area contributed by atoms with E-state index in [4.69, 9.17) is 4.74 Å². The van der Waals surface area contributed by atoms with E-state index in [2.05, 4.69) is 5.10 Å². The van der Waals surface area contributed by atoms with E-state index in [9.17, 15) is 4.79 Å². The molecule has 0 radical (unpaired) electrons. The van der Waals surface area contributed by atoms with E-state index >= 15 is 0 Å². The van der Waals surface area contributed by atoms with Crippen LogP contribution in [0.3, 0.4) is 0 Å². The zero-order valence-electron chi connectivity index (χ0n) is 12.1. The Bertz CT molecular complexity index is 708. The first-order chi connectivity index (χ1) is 10.8. The Labute approximate surface area is 129 Å². The van der Waals surface area contributed by atoms with Crippen LogP contribution in [0.1, 0.15) is 11.1 Å². The number of hydrogen-bond donors (Lipinski definition) is 0. The maximum Gasteiger partial charge on any atom is 0.328 e. The highest BCUT2D eigenvalue weighted by molar-refractivity contribution is 5.86. The lowest BCUT2D eigenvalue weighted by Gasteiger charge is -2.19. The smallest absolute Gasteiger partial charge is 0.328 e. The molecule has 110 valence electrons. The number of allylic oxidation sites excluding steroid dienone is 1. The number of hydrogen-bond acceptors (Lipinski definition) is 4. The first-order valence-electron chi connectivity index (χ1n) is 7.10. The highest BCUT2D eigenvalue weighted by Crippen LogP contribution is 2.23. The first-order valence-corrected chi connectivity index (χ1v) is 7.10. The third kappa shape index (κ3) is 3.41. The zero-order chi connectivity index (χ0) is 15.2. The van der Waals surface area contributed by atoms with Gasteiger partial charge in [-0.05, 0) is 23.3 Å². The fourth-order valence-corrected chi connectivity index (χ4v) is 2.22. The molecule has 2 aromatic rings. The number of nitrogens with zero attached hydrogens (tertiary/aromatic N) is 2. The molecule has 0 spiro atoms. The average molecular weight is 292 g/mol. The van der Waals surface area contributed by atoms with Crippen molar-refractivity contribution >= 4 is 23.9 Å². The molecule has 0 aliphatic carbocycles. The predicted octanol–water partition coefficient (Wildman–Crippen LogP) is 3.25. The lowest BCUT2D eigenvalue weighted by atomic mass is 10.1. The SMILES string of the molecule is O=C(CN1N=CC=Cc2ccccc21)OCc1ccccc1. The van der Waals surface area contributed by atoms with Crippen molar-refractivity contribution in [3.8, 4) is 0 Å². The van der Waals surface area contributed by atoms with Gasteiger partial charge in [-0.1, -0.05) is 54.6 Å². The van der Waals surface area contributed by atoms with Crippen LogP contribution >= 0.6 is 0 Å². The lowest BCUT2D eigenvalue weighted by Crippen LogP contribution is -2.26. The van der Waals surface area contributed by atoms with Crippen molar-refractivity contribution in [3.63, 3.8) is 0 Å². The van der Waals surface area contributed by atoms with Gasteiger partial charge in [0.05, 0.1) is 5.69 Å². The largest absolute Gasteiger partial charge is 0.459 e.